The molecule has 3 heterocycles. The van der Waals surface area contributed by atoms with E-state index in [1.54, 1.807) is 4.90 Å². The number of aromatic amines is 1. The summed E-state index contributed by atoms with van der Waals surface area (Å²) in [6.07, 6.45) is -1.29. The minimum Gasteiger partial charge on any atom is -0.472 e. The zero-order valence-corrected chi connectivity index (χ0v) is 16.1. The molecule has 3 aromatic rings. The molecule has 1 amide bonds. The number of benzene rings is 1. The van der Waals surface area contributed by atoms with Gasteiger partial charge in [0, 0.05) is 47.2 Å². The molecule has 2 aromatic heterocycles. The zero-order valence-electron chi connectivity index (χ0n) is 15.3. The fourth-order valence-electron chi connectivity index (χ4n) is 3.27. The van der Waals surface area contributed by atoms with Crippen LogP contribution >= 0.6 is 11.8 Å². The number of para-hydroxylation sites is 1. The average Bonchev–Trinajstić information content (AvgIpc) is 3.33. The van der Waals surface area contributed by atoms with E-state index in [0.717, 1.165) is 34.1 Å². The number of hydrogen-bond acceptors (Lipinski definition) is 4. The summed E-state index contributed by atoms with van der Waals surface area (Å²) in [5.74, 6) is 0.187. The lowest BCUT2D eigenvalue weighted by molar-refractivity contribution is -0.137. The van der Waals surface area contributed by atoms with Crippen LogP contribution in [0.15, 0.2) is 53.7 Å². The fourth-order valence-corrected chi connectivity index (χ4v) is 4.20. The molecule has 1 saturated heterocycles. The first-order chi connectivity index (χ1) is 13.9. The predicted octanol–water partition coefficient (Wildman–Crippen LogP) is 4.35. The molecule has 1 atom stereocenters. The average molecular weight is 421 g/mol. The molecule has 1 fully saturated rings. The van der Waals surface area contributed by atoms with Gasteiger partial charge in [-0.2, -0.15) is 13.2 Å². The molecule has 0 spiro atoms. The molecule has 1 aromatic carbocycles. The van der Waals surface area contributed by atoms with Gasteiger partial charge in [-0.15, -0.1) is 11.8 Å². The van der Waals surface area contributed by atoms with Crippen LogP contribution in [0.25, 0.3) is 10.9 Å². The molecule has 5 nitrogen and oxygen atoms in total. The first kappa shape index (κ1) is 19.6. The Hall–Kier alpha value is -2.68. The lowest BCUT2D eigenvalue weighted by Crippen LogP contribution is -2.32. The first-order valence-electron chi connectivity index (χ1n) is 9.07. The summed E-state index contributed by atoms with van der Waals surface area (Å²) in [6, 6.07) is 9.66. The third-order valence-corrected chi connectivity index (χ3v) is 5.79. The highest BCUT2D eigenvalue weighted by Crippen LogP contribution is 2.31. The van der Waals surface area contributed by atoms with Gasteiger partial charge in [0.25, 0.3) is 0 Å². The Kier molecular flexibility index (Phi) is 5.40. The summed E-state index contributed by atoms with van der Waals surface area (Å²) in [4.78, 5) is 22.3. The lowest BCUT2D eigenvalue weighted by Gasteiger charge is -2.17. The van der Waals surface area contributed by atoms with Crippen LogP contribution in [0.5, 0.6) is 5.88 Å². The summed E-state index contributed by atoms with van der Waals surface area (Å²) in [5, 5.41) is 1.07. The van der Waals surface area contributed by atoms with Crippen molar-refractivity contribution >= 4 is 28.6 Å². The summed E-state index contributed by atoms with van der Waals surface area (Å²) in [7, 11) is 0. The molecule has 9 heteroatoms. The topological polar surface area (TPSA) is 58.2 Å². The van der Waals surface area contributed by atoms with Crippen molar-refractivity contribution in [1.82, 2.24) is 14.9 Å². The molecule has 0 radical (unpaired) electrons. The Morgan fingerprint density at radius 3 is 2.97 bits per heavy atom. The molecule has 152 valence electrons. The number of ether oxygens (including phenoxy) is 1. The van der Waals surface area contributed by atoms with Crippen LogP contribution in [-0.2, 0) is 11.0 Å². The minimum absolute atomic E-state index is 0.0246. The van der Waals surface area contributed by atoms with Crippen LogP contribution in [0.4, 0.5) is 13.2 Å². The van der Waals surface area contributed by atoms with Gasteiger partial charge in [0.2, 0.25) is 11.8 Å². The van der Waals surface area contributed by atoms with Crippen molar-refractivity contribution in [2.45, 2.75) is 23.6 Å². The molecule has 4 rings (SSSR count). The number of alkyl halides is 3. The molecule has 1 aliphatic heterocycles. The molecular formula is C20H18F3N3O2S. The number of rotatable bonds is 5. The Labute approximate surface area is 169 Å². The van der Waals surface area contributed by atoms with Gasteiger partial charge in [0.15, 0.2) is 0 Å². The molecule has 0 bridgehead atoms. The van der Waals surface area contributed by atoms with Crippen molar-refractivity contribution < 1.29 is 22.7 Å². The highest BCUT2D eigenvalue weighted by molar-refractivity contribution is 8.00. The second kappa shape index (κ2) is 7.98. The summed E-state index contributed by atoms with van der Waals surface area (Å²) in [6.45, 7) is 0.849. The third-order valence-electron chi connectivity index (χ3n) is 4.75. The third kappa shape index (κ3) is 4.50. The zero-order chi connectivity index (χ0) is 20.4. The van der Waals surface area contributed by atoms with Crippen molar-refractivity contribution in [2.24, 2.45) is 0 Å². The standard InChI is InChI=1S/C20H18F3N3O2S/c21-20(22,23)13-5-7-24-18(9-13)28-14-6-8-26(11-14)19(27)12-29-17-10-25-16-4-2-1-3-15(16)17/h1-5,7,9-10,14,25H,6,8,11-12H2/t14-/m0/s1. The van der Waals surface area contributed by atoms with Crippen molar-refractivity contribution in [3.05, 3.63) is 54.4 Å². The number of nitrogens with one attached hydrogen (secondary N) is 1. The van der Waals surface area contributed by atoms with E-state index < -0.39 is 11.7 Å². The van der Waals surface area contributed by atoms with Crippen LogP contribution < -0.4 is 4.74 Å². The number of thioether (sulfide) groups is 1. The van der Waals surface area contributed by atoms with Gasteiger partial charge < -0.3 is 14.6 Å². The van der Waals surface area contributed by atoms with Crippen molar-refractivity contribution in [3.8, 4) is 5.88 Å². The van der Waals surface area contributed by atoms with Crippen LogP contribution in [0.1, 0.15) is 12.0 Å². The van der Waals surface area contributed by atoms with E-state index in [1.165, 1.54) is 11.8 Å². The summed E-state index contributed by atoms with van der Waals surface area (Å²) < 4.78 is 44.0. The van der Waals surface area contributed by atoms with Crippen LogP contribution in [0.3, 0.4) is 0 Å². The number of hydrogen-bond donors (Lipinski definition) is 1. The Morgan fingerprint density at radius 1 is 1.31 bits per heavy atom. The van der Waals surface area contributed by atoms with Crippen molar-refractivity contribution in [2.75, 3.05) is 18.8 Å². The number of pyridine rings is 1. The largest absolute Gasteiger partial charge is 0.472 e. The quantitative estimate of drug-likeness (QED) is 0.622. The van der Waals surface area contributed by atoms with Crippen LogP contribution in [-0.4, -0.2) is 45.7 Å². The molecular weight excluding hydrogens is 403 g/mol. The van der Waals surface area contributed by atoms with Gasteiger partial charge >= 0.3 is 6.18 Å². The molecule has 1 aliphatic rings. The van der Waals surface area contributed by atoms with Gasteiger partial charge in [-0.3, -0.25) is 4.79 Å². The number of H-pyrrole nitrogens is 1. The van der Waals surface area contributed by atoms with Gasteiger partial charge in [0.05, 0.1) is 17.9 Å². The number of fused-ring (bicyclic) bond motifs is 1. The Balaban J connectivity index is 1.32. The SMILES string of the molecule is O=C(CSc1c[nH]c2ccccc12)N1CC[C@H](Oc2cc(C(F)(F)F)ccn2)C1. The lowest BCUT2D eigenvalue weighted by atomic mass is 10.2. The van der Waals surface area contributed by atoms with Crippen LogP contribution in [0, 0.1) is 0 Å². The number of carbonyl (C=O) groups is 1. The maximum Gasteiger partial charge on any atom is 0.416 e. The van der Waals surface area contributed by atoms with E-state index in [0.29, 0.717) is 19.5 Å². The van der Waals surface area contributed by atoms with Crippen LogP contribution in [0.2, 0.25) is 0 Å². The van der Waals surface area contributed by atoms with Gasteiger partial charge in [-0.1, -0.05) is 18.2 Å². The Morgan fingerprint density at radius 2 is 2.14 bits per heavy atom. The molecule has 29 heavy (non-hydrogen) atoms. The van der Waals surface area contributed by atoms with Gasteiger partial charge in [0.1, 0.15) is 6.10 Å². The normalized spacial score (nSPS) is 17.1. The number of aromatic nitrogens is 2. The molecule has 0 saturated carbocycles. The minimum atomic E-state index is -4.45. The first-order valence-corrected chi connectivity index (χ1v) is 10.1. The smallest absolute Gasteiger partial charge is 0.416 e. The molecule has 0 aliphatic carbocycles. The number of nitrogens with zero attached hydrogens (tertiary/aromatic N) is 2. The van der Waals surface area contributed by atoms with Crippen molar-refractivity contribution in [3.63, 3.8) is 0 Å². The number of carbonyl (C=O) groups excluding carboxylic acids is 1. The summed E-state index contributed by atoms with van der Waals surface area (Å²) >= 11 is 1.46. The van der Waals surface area contributed by atoms with E-state index in [-0.39, 0.29) is 23.6 Å². The van der Waals surface area contributed by atoms with E-state index in [2.05, 4.69) is 9.97 Å². The monoisotopic (exact) mass is 421 g/mol. The van der Waals surface area contributed by atoms with Gasteiger partial charge in [-0.05, 0) is 12.1 Å². The van der Waals surface area contributed by atoms with Gasteiger partial charge in [-0.25, -0.2) is 4.98 Å². The second-order valence-corrected chi connectivity index (χ2v) is 7.75. The second-order valence-electron chi connectivity index (χ2n) is 6.74. The number of halogens is 3. The fraction of sp³-hybridized carbons (Fsp3) is 0.300. The number of likely N-dealkylation sites (tertiary alicyclic amines) is 1. The predicted molar refractivity (Wildman–Crippen MR) is 104 cm³/mol. The maximum atomic E-state index is 12.8. The highest BCUT2D eigenvalue weighted by Gasteiger charge is 2.32. The van der Waals surface area contributed by atoms with E-state index in [1.807, 2.05) is 30.5 Å². The highest BCUT2D eigenvalue weighted by atomic mass is 32.2. The van der Waals surface area contributed by atoms with Crippen molar-refractivity contribution in [1.29, 1.82) is 0 Å². The van der Waals surface area contributed by atoms with E-state index in [9.17, 15) is 18.0 Å². The molecule has 0 unspecified atom stereocenters. The molecule has 1 N–H and O–H groups in total. The summed E-state index contributed by atoms with van der Waals surface area (Å²) in [5.41, 5.74) is 0.217. The van der Waals surface area contributed by atoms with E-state index >= 15 is 0 Å². The number of amides is 1. The van der Waals surface area contributed by atoms with E-state index in [4.69, 9.17) is 4.74 Å². The Bertz CT molecular complexity index is 1020. The maximum absolute atomic E-state index is 12.8.